The first kappa shape index (κ1) is 17.3. The smallest absolute Gasteiger partial charge is 0.318 e. The van der Waals surface area contributed by atoms with Gasteiger partial charge in [0.25, 0.3) is 0 Å². The highest BCUT2D eigenvalue weighted by Crippen LogP contribution is 2.26. The molecule has 8 heteroatoms. The molecule has 2 amide bonds. The first-order chi connectivity index (χ1) is 13.2. The Morgan fingerprint density at radius 2 is 2.04 bits per heavy atom. The number of likely N-dealkylation sites (tertiary alicyclic amines) is 1. The molecule has 1 atom stereocenters. The van der Waals surface area contributed by atoms with E-state index >= 15 is 0 Å². The number of urea groups is 1. The van der Waals surface area contributed by atoms with Gasteiger partial charge in [0.1, 0.15) is 6.04 Å². The number of nitrogens with zero attached hydrogens (tertiary/aromatic N) is 4. The lowest BCUT2D eigenvalue weighted by Crippen LogP contribution is -2.44. The first-order valence-electron chi connectivity index (χ1n) is 9.14. The molecule has 3 heterocycles. The van der Waals surface area contributed by atoms with E-state index in [-0.39, 0.29) is 12.1 Å². The SMILES string of the molecule is C[C@@H](NC(=O)N1CCC(c2ccn[nH]2)CC1)c1nc(-c2ccccc2)no1. The number of hydrogen-bond acceptors (Lipinski definition) is 5. The van der Waals surface area contributed by atoms with Crippen LogP contribution >= 0.6 is 0 Å². The number of carbonyl (C=O) groups is 1. The molecule has 0 aliphatic carbocycles. The number of aromatic nitrogens is 4. The quantitative estimate of drug-likeness (QED) is 0.739. The number of H-pyrrole nitrogens is 1. The van der Waals surface area contributed by atoms with Crippen molar-refractivity contribution in [3.8, 4) is 11.4 Å². The largest absolute Gasteiger partial charge is 0.337 e. The van der Waals surface area contributed by atoms with E-state index in [0.29, 0.717) is 30.7 Å². The third-order valence-electron chi connectivity index (χ3n) is 4.93. The van der Waals surface area contributed by atoms with Crippen LogP contribution in [0.1, 0.15) is 43.3 Å². The van der Waals surface area contributed by atoms with Crippen molar-refractivity contribution in [1.82, 2.24) is 30.6 Å². The molecule has 2 aromatic heterocycles. The highest BCUT2D eigenvalue weighted by Gasteiger charge is 2.26. The van der Waals surface area contributed by atoms with Crippen LogP contribution in [0.3, 0.4) is 0 Å². The van der Waals surface area contributed by atoms with Gasteiger partial charge >= 0.3 is 6.03 Å². The summed E-state index contributed by atoms with van der Waals surface area (Å²) in [4.78, 5) is 18.8. The number of piperidine rings is 1. The summed E-state index contributed by atoms with van der Waals surface area (Å²) in [6.45, 7) is 3.26. The van der Waals surface area contributed by atoms with E-state index in [1.54, 1.807) is 6.20 Å². The molecule has 1 saturated heterocycles. The molecular weight excluding hydrogens is 344 g/mol. The van der Waals surface area contributed by atoms with Crippen molar-refractivity contribution in [3.05, 3.63) is 54.2 Å². The molecule has 2 N–H and O–H groups in total. The van der Waals surface area contributed by atoms with Gasteiger partial charge in [-0.2, -0.15) is 10.1 Å². The van der Waals surface area contributed by atoms with Crippen LogP contribution in [0, 0.1) is 0 Å². The van der Waals surface area contributed by atoms with E-state index in [4.69, 9.17) is 4.52 Å². The van der Waals surface area contributed by atoms with Gasteiger partial charge in [-0.15, -0.1) is 0 Å². The summed E-state index contributed by atoms with van der Waals surface area (Å²) < 4.78 is 5.33. The molecule has 1 aliphatic heterocycles. The number of hydrogen-bond donors (Lipinski definition) is 2. The van der Waals surface area contributed by atoms with Gasteiger partial charge in [0, 0.05) is 36.5 Å². The number of aromatic amines is 1. The summed E-state index contributed by atoms with van der Waals surface area (Å²) in [5, 5.41) is 14.0. The Morgan fingerprint density at radius 1 is 1.26 bits per heavy atom. The maximum atomic E-state index is 12.6. The topological polar surface area (TPSA) is 99.9 Å². The second-order valence-corrected chi connectivity index (χ2v) is 6.77. The molecule has 140 valence electrons. The second kappa shape index (κ2) is 7.61. The van der Waals surface area contributed by atoms with Gasteiger partial charge in [-0.1, -0.05) is 35.5 Å². The fourth-order valence-corrected chi connectivity index (χ4v) is 3.34. The minimum Gasteiger partial charge on any atom is -0.337 e. The maximum absolute atomic E-state index is 12.6. The van der Waals surface area contributed by atoms with Crippen LogP contribution in [-0.4, -0.2) is 44.4 Å². The van der Waals surface area contributed by atoms with Crippen LogP contribution in [-0.2, 0) is 0 Å². The Balaban J connectivity index is 1.33. The lowest BCUT2D eigenvalue weighted by atomic mass is 9.94. The van der Waals surface area contributed by atoms with Gasteiger partial charge in [-0.05, 0) is 25.8 Å². The Bertz CT molecular complexity index is 869. The highest BCUT2D eigenvalue weighted by molar-refractivity contribution is 5.74. The molecular formula is C19H22N6O2. The minimum atomic E-state index is -0.354. The van der Waals surface area contributed by atoms with Crippen molar-refractivity contribution < 1.29 is 9.32 Å². The Kier molecular flexibility index (Phi) is 4.86. The Hall–Kier alpha value is -3.16. The van der Waals surface area contributed by atoms with Crippen LogP contribution in [0.2, 0.25) is 0 Å². The molecule has 0 bridgehead atoms. The van der Waals surface area contributed by atoms with E-state index < -0.39 is 0 Å². The molecule has 0 saturated carbocycles. The summed E-state index contributed by atoms with van der Waals surface area (Å²) in [5.74, 6) is 1.35. The Morgan fingerprint density at radius 3 is 2.74 bits per heavy atom. The predicted octanol–water partition coefficient (Wildman–Crippen LogP) is 3.11. The third-order valence-corrected chi connectivity index (χ3v) is 4.93. The lowest BCUT2D eigenvalue weighted by molar-refractivity contribution is 0.175. The van der Waals surface area contributed by atoms with Crippen molar-refractivity contribution in [3.63, 3.8) is 0 Å². The summed E-state index contributed by atoms with van der Waals surface area (Å²) >= 11 is 0. The summed E-state index contributed by atoms with van der Waals surface area (Å²) in [6.07, 6.45) is 3.61. The fourth-order valence-electron chi connectivity index (χ4n) is 3.34. The van der Waals surface area contributed by atoms with Gasteiger partial charge in [0.05, 0.1) is 0 Å². The van der Waals surface area contributed by atoms with E-state index in [0.717, 1.165) is 24.1 Å². The highest BCUT2D eigenvalue weighted by atomic mass is 16.5. The van der Waals surface area contributed by atoms with E-state index in [1.165, 1.54) is 0 Å². The van der Waals surface area contributed by atoms with Crippen molar-refractivity contribution in [1.29, 1.82) is 0 Å². The maximum Gasteiger partial charge on any atom is 0.318 e. The number of benzene rings is 1. The van der Waals surface area contributed by atoms with Crippen molar-refractivity contribution in [2.45, 2.75) is 31.7 Å². The molecule has 4 rings (SSSR count). The van der Waals surface area contributed by atoms with Gasteiger partial charge in [-0.3, -0.25) is 5.10 Å². The molecule has 27 heavy (non-hydrogen) atoms. The molecule has 1 fully saturated rings. The average molecular weight is 366 g/mol. The first-order valence-corrected chi connectivity index (χ1v) is 9.14. The lowest BCUT2D eigenvalue weighted by Gasteiger charge is -2.32. The second-order valence-electron chi connectivity index (χ2n) is 6.77. The number of amides is 2. The molecule has 8 nitrogen and oxygen atoms in total. The van der Waals surface area contributed by atoms with E-state index in [2.05, 4.69) is 25.7 Å². The predicted molar refractivity (Wildman–Crippen MR) is 98.8 cm³/mol. The molecule has 0 unspecified atom stereocenters. The van der Waals surface area contributed by atoms with Gasteiger partial charge in [0.2, 0.25) is 11.7 Å². The number of nitrogens with one attached hydrogen (secondary N) is 2. The third kappa shape index (κ3) is 3.84. The zero-order valence-electron chi connectivity index (χ0n) is 15.1. The van der Waals surface area contributed by atoms with Crippen LogP contribution in [0.25, 0.3) is 11.4 Å². The molecule has 3 aromatic rings. The monoisotopic (exact) mass is 366 g/mol. The molecule has 0 spiro atoms. The van der Waals surface area contributed by atoms with Gasteiger partial charge in [-0.25, -0.2) is 4.79 Å². The van der Waals surface area contributed by atoms with E-state index in [9.17, 15) is 4.79 Å². The zero-order chi connectivity index (χ0) is 18.6. The van der Waals surface area contributed by atoms with Crippen molar-refractivity contribution in [2.24, 2.45) is 0 Å². The fraction of sp³-hybridized carbons (Fsp3) is 0.368. The number of rotatable bonds is 4. The van der Waals surface area contributed by atoms with E-state index in [1.807, 2.05) is 48.2 Å². The van der Waals surface area contributed by atoms with Crippen molar-refractivity contribution in [2.75, 3.05) is 13.1 Å². The standard InChI is InChI=1S/C19H22N6O2/c1-13(18-22-17(24-27-18)15-5-3-2-4-6-15)21-19(26)25-11-8-14(9-12-25)16-7-10-20-23-16/h2-7,10,13-14H,8-9,11-12H2,1H3,(H,20,23)(H,21,26)/t13-/m1/s1. The minimum absolute atomic E-state index is 0.106. The van der Waals surface area contributed by atoms with Crippen LogP contribution in [0.4, 0.5) is 4.79 Å². The van der Waals surface area contributed by atoms with Crippen LogP contribution < -0.4 is 5.32 Å². The number of carbonyl (C=O) groups excluding carboxylic acids is 1. The normalized spacial score (nSPS) is 16.3. The van der Waals surface area contributed by atoms with Crippen LogP contribution in [0.5, 0.6) is 0 Å². The molecule has 1 aromatic carbocycles. The average Bonchev–Trinajstić information content (AvgIpc) is 3.41. The summed E-state index contributed by atoms with van der Waals surface area (Å²) in [5.41, 5.74) is 2.02. The van der Waals surface area contributed by atoms with Crippen LogP contribution in [0.15, 0.2) is 47.1 Å². The molecule has 1 aliphatic rings. The van der Waals surface area contributed by atoms with Crippen molar-refractivity contribution >= 4 is 6.03 Å². The van der Waals surface area contributed by atoms with Gasteiger partial charge < -0.3 is 14.7 Å². The van der Waals surface area contributed by atoms with Gasteiger partial charge in [0.15, 0.2) is 0 Å². The zero-order valence-corrected chi connectivity index (χ0v) is 15.1. The summed E-state index contributed by atoms with van der Waals surface area (Å²) in [6, 6.07) is 11.2. The summed E-state index contributed by atoms with van der Waals surface area (Å²) in [7, 11) is 0. The molecule has 0 radical (unpaired) electrons. The Labute approximate surface area is 157 Å².